The number of piperazine rings is 1. The number of hydrogen-bond donors (Lipinski definition) is 0. The Hall–Kier alpha value is -2.61. The molecule has 0 N–H and O–H groups in total. The Labute approximate surface area is 168 Å². The molecule has 0 saturated carbocycles. The normalized spacial score (nSPS) is 22.2. The van der Waals surface area contributed by atoms with Crippen molar-refractivity contribution in [1.29, 1.82) is 0 Å². The molecular weight excluding hydrogens is 374 g/mol. The van der Waals surface area contributed by atoms with Gasteiger partial charge in [0.2, 0.25) is 11.9 Å². The standard InChI is InChI=1S/C20H23N5O2S/c1-3-25-15-7-4-5-8-16(15)28-20(2,18(25)27)17(26)23-11-13-24(14-12-23)19-21-9-6-10-22-19/h4-10H,3,11-14H2,1-2H3. The number of amides is 2. The number of aromatic nitrogens is 2. The third kappa shape index (κ3) is 3.11. The molecule has 2 amide bonds. The number of fused-ring (bicyclic) bond motifs is 1. The lowest BCUT2D eigenvalue weighted by atomic mass is 10.1. The molecule has 0 bridgehead atoms. The van der Waals surface area contributed by atoms with Gasteiger partial charge in [-0.05, 0) is 32.0 Å². The summed E-state index contributed by atoms with van der Waals surface area (Å²) in [5, 5.41) is 0. The molecule has 1 aromatic heterocycles. The summed E-state index contributed by atoms with van der Waals surface area (Å²) in [6.45, 7) is 6.64. The summed E-state index contributed by atoms with van der Waals surface area (Å²) in [6.07, 6.45) is 3.43. The van der Waals surface area contributed by atoms with E-state index in [0.29, 0.717) is 38.7 Å². The molecule has 0 radical (unpaired) electrons. The summed E-state index contributed by atoms with van der Waals surface area (Å²) >= 11 is 1.36. The second kappa shape index (κ2) is 7.43. The number of carbonyl (C=O) groups is 2. The number of para-hydroxylation sites is 1. The summed E-state index contributed by atoms with van der Waals surface area (Å²) in [6, 6.07) is 9.56. The third-order valence-corrected chi connectivity index (χ3v) is 6.57. The summed E-state index contributed by atoms with van der Waals surface area (Å²) in [4.78, 5) is 41.8. The van der Waals surface area contributed by atoms with Gasteiger partial charge in [0.1, 0.15) is 0 Å². The largest absolute Gasteiger partial charge is 0.337 e. The fourth-order valence-electron chi connectivity index (χ4n) is 3.71. The second-order valence-corrected chi connectivity index (χ2v) is 8.44. The Morgan fingerprint density at radius 3 is 2.46 bits per heavy atom. The van der Waals surface area contributed by atoms with E-state index in [1.54, 1.807) is 35.2 Å². The molecule has 28 heavy (non-hydrogen) atoms. The van der Waals surface area contributed by atoms with E-state index in [1.807, 2.05) is 31.2 Å². The van der Waals surface area contributed by atoms with Gasteiger partial charge >= 0.3 is 0 Å². The molecule has 4 rings (SSSR count). The van der Waals surface area contributed by atoms with Crippen molar-refractivity contribution in [3.63, 3.8) is 0 Å². The van der Waals surface area contributed by atoms with Crippen molar-refractivity contribution < 1.29 is 9.59 Å². The van der Waals surface area contributed by atoms with Gasteiger partial charge in [-0.1, -0.05) is 23.9 Å². The molecule has 1 fully saturated rings. The third-order valence-electron chi connectivity index (χ3n) is 5.25. The van der Waals surface area contributed by atoms with E-state index >= 15 is 0 Å². The Morgan fingerprint density at radius 1 is 1.11 bits per heavy atom. The molecule has 0 aliphatic carbocycles. The lowest BCUT2D eigenvalue weighted by Crippen LogP contribution is -2.60. The quantitative estimate of drug-likeness (QED) is 0.739. The fraction of sp³-hybridized carbons (Fsp3) is 0.400. The van der Waals surface area contributed by atoms with E-state index in [2.05, 4.69) is 14.9 Å². The number of anilines is 2. The fourth-order valence-corrected chi connectivity index (χ4v) is 4.99. The van der Waals surface area contributed by atoms with E-state index in [0.717, 1.165) is 10.6 Å². The van der Waals surface area contributed by atoms with Gasteiger partial charge in [-0.2, -0.15) is 0 Å². The van der Waals surface area contributed by atoms with Crippen LogP contribution >= 0.6 is 11.8 Å². The van der Waals surface area contributed by atoms with Gasteiger partial charge in [0.25, 0.3) is 5.91 Å². The molecule has 0 spiro atoms. The molecular formula is C20H23N5O2S. The first kappa shape index (κ1) is 18.7. The van der Waals surface area contributed by atoms with Crippen LogP contribution in [0, 0.1) is 0 Å². The monoisotopic (exact) mass is 397 g/mol. The van der Waals surface area contributed by atoms with Crippen molar-refractivity contribution in [2.75, 3.05) is 42.5 Å². The highest BCUT2D eigenvalue weighted by molar-refractivity contribution is 8.02. The van der Waals surface area contributed by atoms with Gasteiger partial charge in [0, 0.05) is 50.0 Å². The highest BCUT2D eigenvalue weighted by Gasteiger charge is 2.50. The van der Waals surface area contributed by atoms with E-state index < -0.39 is 4.75 Å². The average molecular weight is 398 g/mol. The van der Waals surface area contributed by atoms with Crippen LogP contribution in [-0.2, 0) is 9.59 Å². The van der Waals surface area contributed by atoms with E-state index in [9.17, 15) is 9.59 Å². The van der Waals surface area contributed by atoms with Gasteiger partial charge in [-0.25, -0.2) is 9.97 Å². The topological polar surface area (TPSA) is 69.6 Å². The van der Waals surface area contributed by atoms with E-state index in [1.165, 1.54) is 11.8 Å². The van der Waals surface area contributed by atoms with Crippen LogP contribution in [0.15, 0.2) is 47.6 Å². The summed E-state index contributed by atoms with van der Waals surface area (Å²) < 4.78 is -1.14. The van der Waals surface area contributed by atoms with Crippen molar-refractivity contribution in [3.05, 3.63) is 42.7 Å². The smallest absolute Gasteiger partial charge is 0.252 e. The lowest BCUT2D eigenvalue weighted by molar-refractivity contribution is -0.138. The van der Waals surface area contributed by atoms with Gasteiger partial charge in [-0.3, -0.25) is 9.59 Å². The number of benzene rings is 1. The molecule has 1 unspecified atom stereocenters. The van der Waals surface area contributed by atoms with Crippen molar-refractivity contribution in [2.45, 2.75) is 23.5 Å². The Kier molecular flexibility index (Phi) is 4.97. The first-order valence-electron chi connectivity index (χ1n) is 9.46. The average Bonchev–Trinajstić information content (AvgIpc) is 2.75. The van der Waals surface area contributed by atoms with Gasteiger partial charge < -0.3 is 14.7 Å². The molecule has 7 nitrogen and oxygen atoms in total. The number of carbonyl (C=O) groups excluding carboxylic acids is 2. The number of rotatable bonds is 3. The first-order valence-corrected chi connectivity index (χ1v) is 10.3. The van der Waals surface area contributed by atoms with Crippen LogP contribution in [0.2, 0.25) is 0 Å². The van der Waals surface area contributed by atoms with Crippen molar-refractivity contribution in [1.82, 2.24) is 14.9 Å². The molecule has 3 heterocycles. The van der Waals surface area contributed by atoms with Crippen molar-refractivity contribution in [3.8, 4) is 0 Å². The van der Waals surface area contributed by atoms with E-state index in [4.69, 9.17) is 0 Å². The van der Waals surface area contributed by atoms with Crippen LogP contribution in [0.25, 0.3) is 0 Å². The van der Waals surface area contributed by atoms with Crippen molar-refractivity contribution in [2.24, 2.45) is 0 Å². The predicted molar refractivity (Wildman–Crippen MR) is 110 cm³/mol. The maximum atomic E-state index is 13.4. The molecule has 2 aliphatic heterocycles. The zero-order valence-corrected chi connectivity index (χ0v) is 16.9. The van der Waals surface area contributed by atoms with Crippen LogP contribution in [0.3, 0.4) is 0 Å². The summed E-state index contributed by atoms with van der Waals surface area (Å²) in [5.74, 6) is 0.414. The Balaban J connectivity index is 1.52. The van der Waals surface area contributed by atoms with Crippen LogP contribution < -0.4 is 9.80 Å². The van der Waals surface area contributed by atoms with Crippen molar-refractivity contribution >= 4 is 35.2 Å². The van der Waals surface area contributed by atoms with Crippen LogP contribution in [0.4, 0.5) is 11.6 Å². The molecule has 1 aromatic carbocycles. The minimum atomic E-state index is -1.14. The predicted octanol–water partition coefficient (Wildman–Crippen LogP) is 2.04. The minimum absolute atomic E-state index is 0.121. The highest BCUT2D eigenvalue weighted by atomic mass is 32.2. The minimum Gasteiger partial charge on any atom is -0.337 e. The molecule has 1 saturated heterocycles. The lowest BCUT2D eigenvalue weighted by Gasteiger charge is -2.43. The molecule has 1 atom stereocenters. The molecule has 146 valence electrons. The van der Waals surface area contributed by atoms with Crippen LogP contribution in [-0.4, -0.2) is 64.2 Å². The van der Waals surface area contributed by atoms with Gasteiger partial charge in [0.05, 0.1) is 5.69 Å². The molecule has 2 aliphatic rings. The molecule has 2 aromatic rings. The maximum Gasteiger partial charge on any atom is 0.252 e. The Morgan fingerprint density at radius 2 is 1.79 bits per heavy atom. The maximum absolute atomic E-state index is 13.4. The summed E-state index contributed by atoms with van der Waals surface area (Å²) in [5.41, 5.74) is 0.885. The Bertz CT molecular complexity index is 885. The number of nitrogens with zero attached hydrogens (tertiary/aromatic N) is 5. The summed E-state index contributed by atoms with van der Waals surface area (Å²) in [7, 11) is 0. The van der Waals surface area contributed by atoms with Crippen LogP contribution in [0.1, 0.15) is 13.8 Å². The molecule has 8 heteroatoms. The zero-order valence-electron chi connectivity index (χ0n) is 16.0. The number of thioether (sulfide) groups is 1. The first-order chi connectivity index (χ1) is 13.5. The van der Waals surface area contributed by atoms with E-state index in [-0.39, 0.29) is 11.8 Å². The highest BCUT2D eigenvalue weighted by Crippen LogP contribution is 2.46. The second-order valence-electron chi connectivity index (χ2n) is 6.98. The number of hydrogen-bond acceptors (Lipinski definition) is 6. The SMILES string of the molecule is CCN1C(=O)C(C)(C(=O)N2CCN(c3ncccn3)CC2)Sc2ccccc21. The zero-order chi connectivity index (χ0) is 19.7. The van der Waals surface area contributed by atoms with Gasteiger partial charge in [0.15, 0.2) is 4.75 Å². The van der Waals surface area contributed by atoms with Gasteiger partial charge in [-0.15, -0.1) is 0 Å². The van der Waals surface area contributed by atoms with Crippen LogP contribution in [0.5, 0.6) is 0 Å².